The van der Waals surface area contributed by atoms with Crippen molar-refractivity contribution in [1.82, 2.24) is 15.5 Å². The minimum atomic E-state index is -0.150. The molecule has 1 aliphatic rings. The van der Waals surface area contributed by atoms with E-state index in [1.54, 1.807) is 19.1 Å². The van der Waals surface area contributed by atoms with Crippen molar-refractivity contribution >= 4 is 11.9 Å². The molecule has 0 aliphatic carbocycles. The smallest absolute Gasteiger partial charge is 0.317 e. The molecular formula is C16H23N3O4. The summed E-state index contributed by atoms with van der Waals surface area (Å²) >= 11 is 0. The summed E-state index contributed by atoms with van der Waals surface area (Å²) in [5.74, 6) is 1.18. The third-order valence-corrected chi connectivity index (χ3v) is 3.80. The Balaban J connectivity index is 1.91. The fourth-order valence-corrected chi connectivity index (χ4v) is 2.73. The van der Waals surface area contributed by atoms with Crippen LogP contribution in [0.25, 0.3) is 0 Å². The van der Waals surface area contributed by atoms with E-state index in [4.69, 9.17) is 9.47 Å². The third-order valence-electron chi connectivity index (χ3n) is 3.80. The summed E-state index contributed by atoms with van der Waals surface area (Å²) in [4.78, 5) is 25.0. The highest BCUT2D eigenvalue weighted by atomic mass is 16.5. The lowest BCUT2D eigenvalue weighted by molar-refractivity contribution is -0.119. The van der Waals surface area contributed by atoms with Crippen LogP contribution in [0.5, 0.6) is 11.5 Å². The predicted octanol–water partition coefficient (Wildman–Crippen LogP) is 1.12. The molecule has 3 amide bonds. The molecule has 1 aliphatic heterocycles. The van der Waals surface area contributed by atoms with E-state index in [2.05, 4.69) is 10.6 Å². The molecule has 126 valence electrons. The molecule has 1 aromatic carbocycles. The van der Waals surface area contributed by atoms with Crippen molar-refractivity contribution in [3.8, 4) is 11.5 Å². The van der Waals surface area contributed by atoms with Crippen LogP contribution < -0.4 is 20.1 Å². The molecule has 0 radical (unpaired) electrons. The molecule has 23 heavy (non-hydrogen) atoms. The van der Waals surface area contributed by atoms with Gasteiger partial charge in [-0.15, -0.1) is 0 Å². The largest absolute Gasteiger partial charge is 0.493 e. The molecular weight excluding hydrogens is 298 g/mol. The molecule has 1 atom stereocenters. The van der Waals surface area contributed by atoms with E-state index in [-0.39, 0.29) is 18.0 Å². The van der Waals surface area contributed by atoms with Crippen molar-refractivity contribution in [2.75, 3.05) is 27.3 Å². The Labute approximate surface area is 135 Å². The number of hydrogen-bond acceptors (Lipinski definition) is 4. The third kappa shape index (κ3) is 4.28. The zero-order valence-corrected chi connectivity index (χ0v) is 13.7. The maximum absolute atomic E-state index is 12.2. The Bertz CT molecular complexity index is 576. The first-order valence-electron chi connectivity index (χ1n) is 7.55. The molecule has 1 saturated heterocycles. The van der Waals surface area contributed by atoms with Gasteiger partial charge in [0, 0.05) is 38.2 Å². The van der Waals surface area contributed by atoms with Crippen LogP contribution in [0.3, 0.4) is 0 Å². The lowest BCUT2D eigenvalue weighted by Gasteiger charge is -2.18. The van der Waals surface area contributed by atoms with Gasteiger partial charge in [-0.3, -0.25) is 4.79 Å². The van der Waals surface area contributed by atoms with Gasteiger partial charge in [0.15, 0.2) is 11.5 Å². The number of para-hydroxylation sites is 1. The van der Waals surface area contributed by atoms with E-state index >= 15 is 0 Å². The number of carbonyl (C=O) groups excluding carboxylic acids is 2. The Morgan fingerprint density at radius 2 is 2.09 bits per heavy atom. The molecule has 7 heteroatoms. The minimum absolute atomic E-state index is 0.0320. The van der Waals surface area contributed by atoms with Gasteiger partial charge in [-0.05, 0) is 12.5 Å². The molecule has 0 bridgehead atoms. The zero-order chi connectivity index (χ0) is 16.8. The fraction of sp³-hybridized carbons (Fsp3) is 0.500. The van der Waals surface area contributed by atoms with E-state index in [0.717, 1.165) is 12.0 Å². The van der Waals surface area contributed by atoms with Crippen molar-refractivity contribution in [2.24, 2.45) is 0 Å². The molecule has 7 nitrogen and oxygen atoms in total. The fourth-order valence-electron chi connectivity index (χ4n) is 2.73. The van der Waals surface area contributed by atoms with Gasteiger partial charge in [0.2, 0.25) is 5.91 Å². The number of amides is 3. The molecule has 1 heterocycles. The molecule has 1 fully saturated rings. The topological polar surface area (TPSA) is 79.9 Å². The lowest BCUT2D eigenvalue weighted by Crippen LogP contribution is -2.41. The number of nitrogens with one attached hydrogen (secondary N) is 2. The van der Waals surface area contributed by atoms with Crippen molar-refractivity contribution in [3.05, 3.63) is 23.8 Å². The molecule has 0 saturated carbocycles. The van der Waals surface area contributed by atoms with Crippen LogP contribution in [0.15, 0.2) is 18.2 Å². The SMILES string of the molecule is COc1cccc(CNC(=O)N2CC[C@H](NC(C)=O)C2)c1OC. The zero-order valence-electron chi connectivity index (χ0n) is 13.7. The maximum Gasteiger partial charge on any atom is 0.317 e. The first-order chi connectivity index (χ1) is 11.0. The summed E-state index contributed by atoms with van der Waals surface area (Å²) in [6.45, 7) is 2.99. The number of methoxy groups -OCH3 is 2. The second-order valence-corrected chi connectivity index (χ2v) is 5.44. The highest BCUT2D eigenvalue weighted by Gasteiger charge is 2.26. The van der Waals surface area contributed by atoms with Crippen molar-refractivity contribution in [2.45, 2.75) is 25.9 Å². The van der Waals surface area contributed by atoms with Crippen LogP contribution in [0, 0.1) is 0 Å². The molecule has 1 aromatic rings. The number of ether oxygens (including phenoxy) is 2. The molecule has 0 aromatic heterocycles. The average molecular weight is 321 g/mol. The van der Waals surface area contributed by atoms with Gasteiger partial charge in [-0.25, -0.2) is 4.79 Å². The van der Waals surface area contributed by atoms with Crippen molar-refractivity contribution in [1.29, 1.82) is 0 Å². The summed E-state index contributed by atoms with van der Waals surface area (Å²) < 4.78 is 10.6. The molecule has 2 N–H and O–H groups in total. The van der Waals surface area contributed by atoms with Gasteiger partial charge in [0.05, 0.1) is 14.2 Å². The minimum Gasteiger partial charge on any atom is -0.493 e. The lowest BCUT2D eigenvalue weighted by atomic mass is 10.2. The van der Waals surface area contributed by atoms with Gasteiger partial charge in [0.25, 0.3) is 0 Å². The van der Waals surface area contributed by atoms with Gasteiger partial charge < -0.3 is 25.0 Å². The summed E-state index contributed by atoms with van der Waals surface area (Å²) in [5.41, 5.74) is 0.845. The Kier molecular flexibility index (Phi) is 5.67. The van der Waals surface area contributed by atoms with E-state index in [1.165, 1.54) is 6.92 Å². The average Bonchev–Trinajstić information content (AvgIpc) is 2.99. The van der Waals surface area contributed by atoms with E-state index < -0.39 is 0 Å². The first kappa shape index (κ1) is 16.9. The van der Waals surface area contributed by atoms with Crippen LogP contribution in [-0.4, -0.2) is 50.2 Å². The number of rotatable bonds is 5. The number of hydrogen-bond donors (Lipinski definition) is 2. The highest BCUT2D eigenvalue weighted by Crippen LogP contribution is 2.30. The van der Waals surface area contributed by atoms with Crippen LogP contribution >= 0.6 is 0 Å². The van der Waals surface area contributed by atoms with Gasteiger partial charge >= 0.3 is 6.03 Å². The van der Waals surface area contributed by atoms with Crippen molar-refractivity contribution in [3.63, 3.8) is 0 Å². The molecule has 0 spiro atoms. The van der Waals surface area contributed by atoms with E-state index in [9.17, 15) is 9.59 Å². The number of urea groups is 1. The summed E-state index contributed by atoms with van der Waals surface area (Å²) in [6.07, 6.45) is 0.773. The van der Waals surface area contributed by atoms with Crippen LogP contribution in [0.4, 0.5) is 4.79 Å². The standard InChI is InChI=1S/C16H23N3O4/c1-11(20)18-13-7-8-19(10-13)16(21)17-9-12-5-4-6-14(22-2)15(12)23-3/h4-6,13H,7-10H2,1-3H3,(H,17,21)(H,18,20)/t13-/m0/s1. The summed E-state index contributed by atoms with van der Waals surface area (Å²) in [7, 11) is 3.15. The molecule has 2 rings (SSSR count). The number of nitrogens with zero attached hydrogens (tertiary/aromatic N) is 1. The van der Waals surface area contributed by atoms with E-state index in [0.29, 0.717) is 31.1 Å². The van der Waals surface area contributed by atoms with E-state index in [1.807, 2.05) is 18.2 Å². The Morgan fingerprint density at radius 1 is 1.30 bits per heavy atom. The second-order valence-electron chi connectivity index (χ2n) is 5.44. The number of likely N-dealkylation sites (tertiary alicyclic amines) is 1. The number of carbonyl (C=O) groups is 2. The van der Waals surface area contributed by atoms with Crippen LogP contribution in [0.2, 0.25) is 0 Å². The second kappa shape index (κ2) is 7.71. The highest BCUT2D eigenvalue weighted by molar-refractivity contribution is 5.76. The van der Waals surface area contributed by atoms with Gasteiger partial charge in [-0.2, -0.15) is 0 Å². The number of benzene rings is 1. The first-order valence-corrected chi connectivity index (χ1v) is 7.55. The van der Waals surface area contributed by atoms with Crippen LogP contribution in [0.1, 0.15) is 18.9 Å². The Hall–Kier alpha value is -2.44. The maximum atomic E-state index is 12.2. The monoisotopic (exact) mass is 321 g/mol. The summed E-state index contributed by atoms with van der Waals surface area (Å²) in [6, 6.07) is 5.42. The normalized spacial score (nSPS) is 16.8. The summed E-state index contributed by atoms with van der Waals surface area (Å²) in [5, 5.41) is 5.72. The quantitative estimate of drug-likeness (QED) is 0.852. The molecule has 0 unspecified atom stereocenters. The predicted molar refractivity (Wildman–Crippen MR) is 85.6 cm³/mol. The van der Waals surface area contributed by atoms with Gasteiger partial charge in [-0.1, -0.05) is 12.1 Å². The van der Waals surface area contributed by atoms with Crippen molar-refractivity contribution < 1.29 is 19.1 Å². The Morgan fingerprint density at radius 3 is 2.74 bits per heavy atom. The van der Waals surface area contributed by atoms with Gasteiger partial charge in [0.1, 0.15) is 0 Å². The van der Waals surface area contributed by atoms with Crippen LogP contribution in [-0.2, 0) is 11.3 Å².